The normalized spacial score (nSPS) is 22.7. The van der Waals surface area contributed by atoms with Gasteiger partial charge in [-0.25, -0.2) is 0 Å². The molecule has 1 aromatic carbocycles. The number of Topliss-reactive ketones (excluding diaryl/α,β-unsaturated/α-hetero) is 1. The Kier molecular flexibility index (Phi) is 6.09. The molecule has 1 nitrogen and oxygen atoms in total. The van der Waals surface area contributed by atoms with E-state index in [1.165, 1.54) is 37.7 Å². The molecule has 0 saturated heterocycles. The maximum absolute atomic E-state index is 11.6. The Labute approximate surface area is 127 Å². The summed E-state index contributed by atoms with van der Waals surface area (Å²) in [6, 6.07) is 8.32. The molecule has 1 fully saturated rings. The maximum Gasteiger partial charge on any atom is 0.162 e. The van der Waals surface area contributed by atoms with Crippen LogP contribution in [0.4, 0.5) is 0 Å². The minimum absolute atomic E-state index is 0.237. The first-order valence-electron chi connectivity index (χ1n) is 7.93. The molecule has 20 heavy (non-hydrogen) atoms. The number of ketones is 1. The zero-order valence-corrected chi connectivity index (χ0v) is 13.2. The second-order valence-corrected chi connectivity index (χ2v) is 6.33. The highest BCUT2D eigenvalue weighted by molar-refractivity contribution is 6.17. The number of halogens is 1. The lowest BCUT2D eigenvalue weighted by molar-refractivity contribution is 0.0988. The summed E-state index contributed by atoms with van der Waals surface area (Å²) in [6.07, 6.45) is 8.27. The lowest BCUT2D eigenvalue weighted by Gasteiger charge is -2.28. The van der Waals surface area contributed by atoms with E-state index in [1.807, 2.05) is 19.1 Å². The molecule has 0 radical (unpaired) electrons. The van der Waals surface area contributed by atoms with E-state index in [1.54, 1.807) is 0 Å². The first-order valence-corrected chi connectivity index (χ1v) is 8.47. The van der Waals surface area contributed by atoms with E-state index in [4.69, 9.17) is 11.6 Å². The van der Waals surface area contributed by atoms with E-state index >= 15 is 0 Å². The van der Waals surface area contributed by atoms with Crippen LogP contribution in [0.2, 0.25) is 0 Å². The number of carbonyl (C=O) groups excluding carboxylic acids is 1. The second kappa shape index (κ2) is 7.83. The van der Waals surface area contributed by atoms with Gasteiger partial charge < -0.3 is 0 Å². The van der Waals surface area contributed by atoms with Crippen molar-refractivity contribution < 1.29 is 4.79 Å². The molecule has 0 spiro atoms. The molecular weight excluding hydrogens is 268 g/mol. The van der Waals surface area contributed by atoms with Gasteiger partial charge in [-0.05, 0) is 55.9 Å². The summed E-state index contributed by atoms with van der Waals surface area (Å²) >= 11 is 5.77. The molecule has 0 bridgehead atoms. The topological polar surface area (TPSA) is 17.1 Å². The maximum atomic E-state index is 11.6. The smallest absolute Gasteiger partial charge is 0.162 e. The van der Waals surface area contributed by atoms with Gasteiger partial charge in [0.1, 0.15) is 0 Å². The molecule has 0 atom stereocenters. The summed E-state index contributed by atoms with van der Waals surface area (Å²) in [6.45, 7) is 1.92. The monoisotopic (exact) mass is 292 g/mol. The van der Waals surface area contributed by atoms with Crippen LogP contribution in [0, 0.1) is 5.92 Å². The summed E-state index contributed by atoms with van der Waals surface area (Å²) in [5, 5.41) is 0. The summed E-state index contributed by atoms with van der Waals surface area (Å²) < 4.78 is 0. The molecule has 0 aromatic heterocycles. The first kappa shape index (κ1) is 15.6. The highest BCUT2D eigenvalue weighted by Crippen LogP contribution is 2.37. The molecule has 0 unspecified atom stereocenters. The quantitative estimate of drug-likeness (QED) is 0.495. The highest BCUT2D eigenvalue weighted by Gasteiger charge is 2.22. The largest absolute Gasteiger partial charge is 0.294 e. The second-order valence-electron chi connectivity index (χ2n) is 5.95. The number of alkyl halides is 1. The van der Waals surface area contributed by atoms with E-state index in [0.29, 0.717) is 12.3 Å². The molecule has 0 aliphatic heterocycles. The van der Waals surface area contributed by atoms with Gasteiger partial charge in [0.05, 0.1) is 0 Å². The Morgan fingerprint density at radius 2 is 1.80 bits per heavy atom. The van der Waals surface area contributed by atoms with Crippen molar-refractivity contribution in [3.63, 3.8) is 0 Å². The van der Waals surface area contributed by atoms with Crippen molar-refractivity contribution in [2.75, 3.05) is 5.88 Å². The standard InChI is InChI=1S/C18H25ClO/c1-2-18(20)17-11-9-16(10-12-17)15-7-5-14(6-8-15)4-3-13-19/h9-12,14-15H,2-8,13H2,1H3. The number of hydrogen-bond donors (Lipinski definition) is 0. The van der Waals surface area contributed by atoms with Crippen molar-refractivity contribution in [3.8, 4) is 0 Å². The minimum atomic E-state index is 0.237. The fourth-order valence-electron chi connectivity index (χ4n) is 3.30. The molecule has 1 aromatic rings. The van der Waals surface area contributed by atoms with Crippen molar-refractivity contribution >= 4 is 17.4 Å². The summed E-state index contributed by atoms with van der Waals surface area (Å²) in [4.78, 5) is 11.6. The first-order chi connectivity index (χ1) is 9.74. The third-order valence-electron chi connectivity index (χ3n) is 4.62. The SMILES string of the molecule is CCC(=O)c1ccc(C2CCC(CCCCl)CC2)cc1. The number of benzene rings is 1. The van der Waals surface area contributed by atoms with E-state index in [-0.39, 0.29) is 5.78 Å². The predicted octanol–water partition coefficient (Wildman–Crippen LogP) is 5.57. The van der Waals surface area contributed by atoms with Crippen molar-refractivity contribution in [3.05, 3.63) is 35.4 Å². The van der Waals surface area contributed by atoms with Crippen LogP contribution < -0.4 is 0 Å². The Balaban J connectivity index is 1.89. The van der Waals surface area contributed by atoms with Gasteiger partial charge in [0.25, 0.3) is 0 Å². The van der Waals surface area contributed by atoms with Gasteiger partial charge in [-0.15, -0.1) is 11.6 Å². The number of hydrogen-bond acceptors (Lipinski definition) is 1. The van der Waals surface area contributed by atoms with Gasteiger partial charge in [0, 0.05) is 17.9 Å². The minimum Gasteiger partial charge on any atom is -0.294 e. The fourth-order valence-corrected chi connectivity index (χ4v) is 3.45. The van der Waals surface area contributed by atoms with Crippen LogP contribution in [-0.2, 0) is 0 Å². The van der Waals surface area contributed by atoms with Crippen LogP contribution in [0.15, 0.2) is 24.3 Å². The van der Waals surface area contributed by atoms with Crippen molar-refractivity contribution in [2.45, 2.75) is 57.8 Å². The molecule has 110 valence electrons. The Hall–Kier alpha value is -0.820. The van der Waals surface area contributed by atoms with Crippen molar-refractivity contribution in [1.82, 2.24) is 0 Å². The van der Waals surface area contributed by atoms with Gasteiger partial charge in [-0.3, -0.25) is 4.79 Å². The van der Waals surface area contributed by atoms with E-state index in [2.05, 4.69) is 12.1 Å². The molecule has 2 heteroatoms. The zero-order valence-electron chi connectivity index (χ0n) is 12.4. The Bertz CT molecular complexity index is 416. The van der Waals surface area contributed by atoms with Crippen LogP contribution in [-0.4, -0.2) is 11.7 Å². The molecular formula is C18H25ClO. The van der Waals surface area contributed by atoms with Crippen molar-refractivity contribution in [1.29, 1.82) is 0 Å². The Morgan fingerprint density at radius 3 is 2.35 bits per heavy atom. The van der Waals surface area contributed by atoms with E-state index in [0.717, 1.165) is 23.8 Å². The molecule has 0 heterocycles. The Morgan fingerprint density at radius 1 is 1.15 bits per heavy atom. The van der Waals surface area contributed by atoms with Gasteiger partial charge in [0.2, 0.25) is 0 Å². The fraction of sp³-hybridized carbons (Fsp3) is 0.611. The highest BCUT2D eigenvalue weighted by atomic mass is 35.5. The van der Waals surface area contributed by atoms with Crippen LogP contribution >= 0.6 is 11.6 Å². The molecule has 1 saturated carbocycles. The average Bonchev–Trinajstić information content (AvgIpc) is 2.53. The van der Waals surface area contributed by atoms with Crippen LogP contribution in [0.25, 0.3) is 0 Å². The van der Waals surface area contributed by atoms with Crippen LogP contribution in [0.5, 0.6) is 0 Å². The average molecular weight is 293 g/mol. The molecule has 2 rings (SSSR count). The summed E-state index contributed by atoms with van der Waals surface area (Å²) in [5.74, 6) is 2.60. The number of carbonyl (C=O) groups is 1. The van der Waals surface area contributed by atoms with Crippen LogP contribution in [0.1, 0.15) is 73.7 Å². The van der Waals surface area contributed by atoms with Crippen LogP contribution in [0.3, 0.4) is 0 Å². The van der Waals surface area contributed by atoms with Gasteiger partial charge in [-0.1, -0.05) is 31.2 Å². The lowest BCUT2D eigenvalue weighted by atomic mass is 9.77. The summed E-state index contributed by atoms with van der Waals surface area (Å²) in [7, 11) is 0. The van der Waals surface area contributed by atoms with E-state index in [9.17, 15) is 4.79 Å². The predicted molar refractivity (Wildman–Crippen MR) is 85.7 cm³/mol. The molecule has 1 aliphatic carbocycles. The molecule has 0 N–H and O–H groups in total. The number of rotatable bonds is 6. The third kappa shape index (κ3) is 4.09. The van der Waals surface area contributed by atoms with Gasteiger partial charge in [0.15, 0.2) is 5.78 Å². The molecule has 1 aliphatic rings. The third-order valence-corrected chi connectivity index (χ3v) is 4.89. The summed E-state index contributed by atoms with van der Waals surface area (Å²) in [5.41, 5.74) is 2.26. The van der Waals surface area contributed by atoms with Crippen molar-refractivity contribution in [2.24, 2.45) is 5.92 Å². The van der Waals surface area contributed by atoms with Gasteiger partial charge in [-0.2, -0.15) is 0 Å². The van der Waals surface area contributed by atoms with Gasteiger partial charge >= 0.3 is 0 Å². The lowest BCUT2D eigenvalue weighted by Crippen LogP contribution is -2.13. The zero-order chi connectivity index (χ0) is 14.4. The molecule has 0 amide bonds. The van der Waals surface area contributed by atoms with E-state index < -0.39 is 0 Å².